The molecule has 1 aromatic heterocycles. The zero-order chi connectivity index (χ0) is 14.8. The SMILES string of the molecule is CNc1nc(C2CC2)nc(NCc2ccc(C)cc2)c1C. The smallest absolute Gasteiger partial charge is 0.136 e. The van der Waals surface area contributed by atoms with E-state index in [2.05, 4.69) is 53.7 Å². The quantitative estimate of drug-likeness (QED) is 0.879. The van der Waals surface area contributed by atoms with Gasteiger partial charge in [0, 0.05) is 25.1 Å². The molecule has 3 rings (SSSR count). The van der Waals surface area contributed by atoms with Crippen LogP contribution in [0.2, 0.25) is 0 Å². The van der Waals surface area contributed by atoms with E-state index < -0.39 is 0 Å². The molecule has 1 heterocycles. The summed E-state index contributed by atoms with van der Waals surface area (Å²) in [5.74, 6) is 3.39. The first kappa shape index (κ1) is 13.9. The molecule has 2 aromatic rings. The molecule has 1 aromatic carbocycles. The highest BCUT2D eigenvalue weighted by Gasteiger charge is 2.28. The van der Waals surface area contributed by atoms with Crippen LogP contribution >= 0.6 is 0 Å². The Morgan fingerprint density at radius 1 is 1.05 bits per heavy atom. The van der Waals surface area contributed by atoms with E-state index >= 15 is 0 Å². The predicted molar refractivity (Wildman–Crippen MR) is 86.8 cm³/mol. The molecule has 0 radical (unpaired) electrons. The van der Waals surface area contributed by atoms with Crippen molar-refractivity contribution in [3.63, 3.8) is 0 Å². The lowest BCUT2D eigenvalue weighted by Gasteiger charge is -2.13. The van der Waals surface area contributed by atoms with Gasteiger partial charge in [0.1, 0.15) is 17.5 Å². The molecule has 0 bridgehead atoms. The van der Waals surface area contributed by atoms with Gasteiger partial charge in [-0.15, -0.1) is 0 Å². The van der Waals surface area contributed by atoms with Crippen molar-refractivity contribution in [1.29, 1.82) is 0 Å². The molecule has 0 unspecified atom stereocenters. The number of anilines is 2. The lowest BCUT2D eigenvalue weighted by Crippen LogP contribution is -2.09. The first-order valence-corrected chi connectivity index (χ1v) is 7.53. The van der Waals surface area contributed by atoms with Gasteiger partial charge in [0.05, 0.1) is 0 Å². The van der Waals surface area contributed by atoms with Crippen LogP contribution in [0.25, 0.3) is 0 Å². The summed E-state index contributed by atoms with van der Waals surface area (Å²) in [6.07, 6.45) is 2.42. The monoisotopic (exact) mass is 282 g/mol. The summed E-state index contributed by atoms with van der Waals surface area (Å²) >= 11 is 0. The van der Waals surface area contributed by atoms with Crippen molar-refractivity contribution in [3.05, 3.63) is 46.8 Å². The maximum atomic E-state index is 4.71. The van der Waals surface area contributed by atoms with Gasteiger partial charge in [-0.05, 0) is 32.3 Å². The molecule has 0 amide bonds. The number of hydrogen-bond donors (Lipinski definition) is 2. The lowest BCUT2D eigenvalue weighted by molar-refractivity contribution is 0.913. The van der Waals surface area contributed by atoms with Crippen molar-refractivity contribution in [1.82, 2.24) is 9.97 Å². The van der Waals surface area contributed by atoms with E-state index in [1.165, 1.54) is 24.0 Å². The van der Waals surface area contributed by atoms with E-state index in [4.69, 9.17) is 4.98 Å². The summed E-state index contributed by atoms with van der Waals surface area (Å²) in [6, 6.07) is 8.58. The summed E-state index contributed by atoms with van der Waals surface area (Å²) in [5.41, 5.74) is 3.62. The van der Waals surface area contributed by atoms with Gasteiger partial charge in [-0.1, -0.05) is 29.8 Å². The highest BCUT2D eigenvalue weighted by Crippen LogP contribution is 2.39. The zero-order valence-electron chi connectivity index (χ0n) is 12.9. The number of nitrogens with zero attached hydrogens (tertiary/aromatic N) is 2. The van der Waals surface area contributed by atoms with Crippen molar-refractivity contribution in [3.8, 4) is 0 Å². The van der Waals surface area contributed by atoms with Gasteiger partial charge in [0.25, 0.3) is 0 Å². The Morgan fingerprint density at radius 3 is 2.33 bits per heavy atom. The molecule has 0 atom stereocenters. The third-order valence-electron chi connectivity index (χ3n) is 3.92. The van der Waals surface area contributed by atoms with Gasteiger partial charge in [0.2, 0.25) is 0 Å². The standard InChI is InChI=1S/C17H22N4/c1-11-4-6-13(7-5-11)10-19-16-12(2)15(18-3)20-17(21-16)14-8-9-14/h4-7,14H,8-10H2,1-3H3,(H2,18,19,20,21). The Balaban J connectivity index is 1.80. The van der Waals surface area contributed by atoms with Crippen LogP contribution in [0.3, 0.4) is 0 Å². The largest absolute Gasteiger partial charge is 0.373 e. The molecule has 21 heavy (non-hydrogen) atoms. The molecular formula is C17H22N4. The summed E-state index contributed by atoms with van der Waals surface area (Å²) in [7, 11) is 1.91. The van der Waals surface area contributed by atoms with Gasteiger partial charge in [-0.2, -0.15) is 0 Å². The molecule has 0 spiro atoms. The fourth-order valence-corrected chi connectivity index (χ4v) is 2.37. The third-order valence-corrected chi connectivity index (χ3v) is 3.92. The van der Waals surface area contributed by atoms with Crippen LogP contribution in [0.4, 0.5) is 11.6 Å². The van der Waals surface area contributed by atoms with Crippen LogP contribution < -0.4 is 10.6 Å². The van der Waals surface area contributed by atoms with E-state index in [9.17, 15) is 0 Å². The molecule has 1 aliphatic rings. The second-order valence-corrected chi connectivity index (χ2v) is 5.77. The van der Waals surface area contributed by atoms with Gasteiger partial charge in [-0.3, -0.25) is 0 Å². The van der Waals surface area contributed by atoms with Crippen molar-refractivity contribution in [2.75, 3.05) is 17.7 Å². The van der Waals surface area contributed by atoms with E-state index in [0.29, 0.717) is 5.92 Å². The summed E-state index contributed by atoms with van der Waals surface area (Å²) in [5, 5.41) is 6.63. The van der Waals surface area contributed by atoms with Gasteiger partial charge in [0.15, 0.2) is 0 Å². The molecule has 0 saturated heterocycles. The summed E-state index contributed by atoms with van der Waals surface area (Å²) in [4.78, 5) is 9.33. The highest BCUT2D eigenvalue weighted by atomic mass is 15.1. The average Bonchev–Trinajstić information content (AvgIpc) is 3.32. The molecule has 1 fully saturated rings. The fourth-order valence-electron chi connectivity index (χ4n) is 2.37. The number of aryl methyl sites for hydroxylation is 1. The molecule has 1 saturated carbocycles. The van der Waals surface area contributed by atoms with Crippen molar-refractivity contribution in [2.24, 2.45) is 0 Å². The van der Waals surface area contributed by atoms with E-state index in [0.717, 1.165) is 29.6 Å². The van der Waals surface area contributed by atoms with E-state index in [1.807, 2.05) is 7.05 Å². The molecule has 2 N–H and O–H groups in total. The Hall–Kier alpha value is -2.10. The van der Waals surface area contributed by atoms with Crippen LogP contribution in [0.1, 0.15) is 41.3 Å². The molecule has 1 aliphatic carbocycles. The molecular weight excluding hydrogens is 260 g/mol. The Morgan fingerprint density at radius 2 is 1.71 bits per heavy atom. The van der Waals surface area contributed by atoms with Crippen LogP contribution in [-0.2, 0) is 6.54 Å². The molecule has 110 valence electrons. The number of hydrogen-bond acceptors (Lipinski definition) is 4. The third kappa shape index (κ3) is 3.15. The highest BCUT2D eigenvalue weighted by molar-refractivity contribution is 5.57. The number of benzene rings is 1. The Labute approximate surface area is 126 Å². The minimum atomic E-state index is 0.553. The number of nitrogens with one attached hydrogen (secondary N) is 2. The maximum absolute atomic E-state index is 4.71. The second-order valence-electron chi connectivity index (χ2n) is 5.77. The van der Waals surface area contributed by atoms with E-state index in [-0.39, 0.29) is 0 Å². The second kappa shape index (κ2) is 5.72. The molecule has 4 nitrogen and oxygen atoms in total. The van der Waals surface area contributed by atoms with E-state index in [1.54, 1.807) is 0 Å². The van der Waals surface area contributed by atoms with Crippen molar-refractivity contribution in [2.45, 2.75) is 39.2 Å². The fraction of sp³-hybridized carbons (Fsp3) is 0.412. The topological polar surface area (TPSA) is 49.8 Å². The van der Waals surface area contributed by atoms with Crippen LogP contribution in [0, 0.1) is 13.8 Å². The summed E-state index contributed by atoms with van der Waals surface area (Å²) < 4.78 is 0. The minimum Gasteiger partial charge on any atom is -0.373 e. The van der Waals surface area contributed by atoms with Crippen LogP contribution in [0.5, 0.6) is 0 Å². The van der Waals surface area contributed by atoms with Gasteiger partial charge >= 0.3 is 0 Å². The van der Waals surface area contributed by atoms with Crippen LogP contribution in [-0.4, -0.2) is 17.0 Å². The maximum Gasteiger partial charge on any atom is 0.136 e. The first-order valence-electron chi connectivity index (χ1n) is 7.53. The lowest BCUT2D eigenvalue weighted by atomic mass is 10.1. The molecule has 0 aliphatic heterocycles. The normalized spacial score (nSPS) is 14.0. The van der Waals surface area contributed by atoms with Crippen molar-refractivity contribution >= 4 is 11.6 Å². The Kier molecular flexibility index (Phi) is 3.78. The molecule has 4 heteroatoms. The van der Waals surface area contributed by atoms with Crippen LogP contribution in [0.15, 0.2) is 24.3 Å². The predicted octanol–water partition coefficient (Wildman–Crippen LogP) is 3.62. The van der Waals surface area contributed by atoms with Gasteiger partial charge < -0.3 is 10.6 Å². The minimum absolute atomic E-state index is 0.553. The zero-order valence-corrected chi connectivity index (χ0v) is 12.9. The average molecular weight is 282 g/mol. The summed E-state index contributed by atoms with van der Waals surface area (Å²) in [6.45, 7) is 4.94. The number of rotatable bonds is 5. The van der Waals surface area contributed by atoms with Crippen molar-refractivity contribution < 1.29 is 0 Å². The first-order chi connectivity index (χ1) is 10.2. The number of aromatic nitrogens is 2. The Bertz CT molecular complexity index is 630. The van der Waals surface area contributed by atoms with Gasteiger partial charge in [-0.25, -0.2) is 9.97 Å².